The standard InChI is InChI=1S/C16H30N2O6/c1-4-14(19)11-23-8-5-17-15(20)12-24-10-9-22-7-6-18-16(21)13(2)3/h13H,4-12H2,1-3H3,(H,17,20)(H,18,21). The summed E-state index contributed by atoms with van der Waals surface area (Å²) in [7, 11) is 0. The van der Waals surface area contributed by atoms with Crippen molar-refractivity contribution in [1.82, 2.24) is 10.6 Å². The van der Waals surface area contributed by atoms with Gasteiger partial charge in [0.1, 0.15) is 13.2 Å². The van der Waals surface area contributed by atoms with Gasteiger partial charge in [-0.3, -0.25) is 14.4 Å². The minimum Gasteiger partial charge on any atom is -0.377 e. The molecule has 0 saturated heterocycles. The highest BCUT2D eigenvalue weighted by Crippen LogP contribution is 1.89. The second-order valence-electron chi connectivity index (χ2n) is 5.41. The van der Waals surface area contributed by atoms with Gasteiger partial charge in [0.15, 0.2) is 5.78 Å². The molecule has 0 aliphatic heterocycles. The van der Waals surface area contributed by atoms with Crippen molar-refractivity contribution < 1.29 is 28.6 Å². The lowest BCUT2D eigenvalue weighted by Gasteiger charge is -2.09. The maximum Gasteiger partial charge on any atom is 0.246 e. The van der Waals surface area contributed by atoms with Gasteiger partial charge in [-0.15, -0.1) is 0 Å². The lowest BCUT2D eigenvalue weighted by molar-refractivity contribution is -0.127. The van der Waals surface area contributed by atoms with E-state index >= 15 is 0 Å². The molecular formula is C16H30N2O6. The van der Waals surface area contributed by atoms with Crippen LogP contribution in [-0.2, 0) is 28.6 Å². The van der Waals surface area contributed by atoms with E-state index < -0.39 is 0 Å². The minimum absolute atomic E-state index is 0.00504. The third-order valence-electron chi connectivity index (χ3n) is 2.90. The maximum atomic E-state index is 11.4. The van der Waals surface area contributed by atoms with Crippen LogP contribution in [0.2, 0.25) is 0 Å². The van der Waals surface area contributed by atoms with E-state index in [-0.39, 0.29) is 36.7 Å². The van der Waals surface area contributed by atoms with E-state index in [1.54, 1.807) is 6.92 Å². The quantitative estimate of drug-likeness (QED) is 0.402. The van der Waals surface area contributed by atoms with Crippen LogP contribution in [0.15, 0.2) is 0 Å². The normalized spacial score (nSPS) is 10.7. The minimum atomic E-state index is -0.246. The number of hydrogen-bond donors (Lipinski definition) is 2. The Bertz CT molecular complexity index is 374. The van der Waals surface area contributed by atoms with Crippen molar-refractivity contribution in [3.63, 3.8) is 0 Å². The van der Waals surface area contributed by atoms with E-state index in [2.05, 4.69) is 10.6 Å². The second-order valence-corrected chi connectivity index (χ2v) is 5.41. The molecule has 8 nitrogen and oxygen atoms in total. The van der Waals surface area contributed by atoms with Crippen LogP contribution in [0.25, 0.3) is 0 Å². The largest absolute Gasteiger partial charge is 0.377 e. The zero-order valence-electron chi connectivity index (χ0n) is 14.9. The van der Waals surface area contributed by atoms with Crippen LogP contribution in [0.4, 0.5) is 0 Å². The molecule has 0 atom stereocenters. The molecule has 0 spiro atoms. The number of Topliss-reactive ketones (excluding diaryl/α,β-unsaturated/α-hetero) is 1. The molecule has 0 rings (SSSR count). The molecule has 0 aliphatic carbocycles. The Balaban J connectivity index is 3.32. The fraction of sp³-hybridized carbons (Fsp3) is 0.812. The molecule has 0 heterocycles. The molecule has 0 aromatic rings. The summed E-state index contributed by atoms with van der Waals surface area (Å²) in [4.78, 5) is 33.7. The molecule has 0 aromatic carbocycles. The monoisotopic (exact) mass is 346 g/mol. The summed E-state index contributed by atoms with van der Waals surface area (Å²) in [5.74, 6) is -0.253. The molecule has 24 heavy (non-hydrogen) atoms. The predicted molar refractivity (Wildman–Crippen MR) is 88.6 cm³/mol. The highest BCUT2D eigenvalue weighted by atomic mass is 16.5. The first kappa shape index (κ1) is 22.5. The molecule has 0 radical (unpaired) electrons. The van der Waals surface area contributed by atoms with Gasteiger partial charge in [0.05, 0.1) is 26.4 Å². The Morgan fingerprint density at radius 3 is 2.08 bits per heavy atom. The van der Waals surface area contributed by atoms with Crippen molar-refractivity contribution in [2.45, 2.75) is 27.2 Å². The number of rotatable bonds is 15. The number of amides is 2. The van der Waals surface area contributed by atoms with Crippen molar-refractivity contribution >= 4 is 17.6 Å². The van der Waals surface area contributed by atoms with Crippen LogP contribution in [0.1, 0.15) is 27.2 Å². The van der Waals surface area contributed by atoms with E-state index in [4.69, 9.17) is 14.2 Å². The van der Waals surface area contributed by atoms with E-state index in [0.29, 0.717) is 45.9 Å². The second kappa shape index (κ2) is 15.0. The van der Waals surface area contributed by atoms with Crippen LogP contribution in [0, 0.1) is 5.92 Å². The summed E-state index contributed by atoms with van der Waals surface area (Å²) in [6.45, 7) is 7.60. The Hall–Kier alpha value is -1.51. The fourth-order valence-electron chi connectivity index (χ4n) is 1.44. The third-order valence-corrected chi connectivity index (χ3v) is 2.90. The zero-order chi connectivity index (χ0) is 18.2. The predicted octanol–water partition coefficient (Wildman–Crippen LogP) is -0.0963. The lowest BCUT2D eigenvalue weighted by atomic mass is 10.2. The first-order valence-corrected chi connectivity index (χ1v) is 8.26. The molecule has 0 fully saturated rings. The first-order valence-electron chi connectivity index (χ1n) is 8.26. The van der Waals surface area contributed by atoms with Gasteiger partial charge in [-0.25, -0.2) is 0 Å². The number of nitrogens with one attached hydrogen (secondary N) is 2. The molecule has 0 aliphatic rings. The molecule has 8 heteroatoms. The summed E-state index contributed by atoms with van der Waals surface area (Å²) in [5, 5.41) is 5.35. The Labute approximate surface area is 143 Å². The average Bonchev–Trinajstić information content (AvgIpc) is 2.56. The topological polar surface area (TPSA) is 103 Å². The van der Waals surface area contributed by atoms with Gasteiger partial charge >= 0.3 is 0 Å². The number of hydrogen-bond acceptors (Lipinski definition) is 6. The molecule has 0 unspecified atom stereocenters. The van der Waals surface area contributed by atoms with Crippen molar-refractivity contribution in [1.29, 1.82) is 0 Å². The summed E-state index contributed by atoms with van der Waals surface area (Å²) in [5.41, 5.74) is 0. The van der Waals surface area contributed by atoms with Gasteiger partial charge in [0, 0.05) is 25.4 Å². The molecule has 0 saturated carbocycles. The van der Waals surface area contributed by atoms with E-state index in [1.807, 2.05) is 13.8 Å². The number of ketones is 1. The SMILES string of the molecule is CCC(=O)COCCNC(=O)COCCOCCNC(=O)C(C)C. The Morgan fingerprint density at radius 2 is 1.42 bits per heavy atom. The molecule has 0 aromatic heterocycles. The molecule has 2 N–H and O–H groups in total. The Kier molecular flexibility index (Phi) is 14.1. The van der Waals surface area contributed by atoms with Gasteiger partial charge in [0.25, 0.3) is 0 Å². The zero-order valence-corrected chi connectivity index (χ0v) is 14.9. The highest BCUT2D eigenvalue weighted by Gasteiger charge is 2.05. The number of carbonyl (C=O) groups excluding carboxylic acids is 3. The molecule has 0 bridgehead atoms. The first-order chi connectivity index (χ1) is 11.5. The van der Waals surface area contributed by atoms with Crippen LogP contribution >= 0.6 is 0 Å². The average molecular weight is 346 g/mol. The fourth-order valence-corrected chi connectivity index (χ4v) is 1.44. The summed E-state index contributed by atoms with van der Waals surface area (Å²) < 4.78 is 15.5. The van der Waals surface area contributed by atoms with Crippen molar-refractivity contribution in [3.8, 4) is 0 Å². The van der Waals surface area contributed by atoms with Crippen LogP contribution in [0.5, 0.6) is 0 Å². The number of ether oxygens (including phenoxy) is 3. The van der Waals surface area contributed by atoms with Crippen molar-refractivity contribution in [2.75, 3.05) is 52.7 Å². The highest BCUT2D eigenvalue weighted by molar-refractivity contribution is 5.79. The van der Waals surface area contributed by atoms with Crippen LogP contribution in [-0.4, -0.2) is 70.3 Å². The van der Waals surface area contributed by atoms with Gasteiger partial charge in [-0.05, 0) is 0 Å². The van der Waals surface area contributed by atoms with E-state index in [0.717, 1.165) is 0 Å². The smallest absolute Gasteiger partial charge is 0.246 e. The third kappa shape index (κ3) is 14.1. The molecule has 140 valence electrons. The van der Waals surface area contributed by atoms with Crippen LogP contribution < -0.4 is 10.6 Å². The molecular weight excluding hydrogens is 316 g/mol. The summed E-state index contributed by atoms with van der Waals surface area (Å²) in [6.07, 6.45) is 0.451. The summed E-state index contributed by atoms with van der Waals surface area (Å²) in [6, 6.07) is 0. The number of carbonyl (C=O) groups is 3. The maximum absolute atomic E-state index is 11.4. The summed E-state index contributed by atoms with van der Waals surface area (Å²) >= 11 is 0. The van der Waals surface area contributed by atoms with Gasteiger partial charge in [0.2, 0.25) is 11.8 Å². The van der Waals surface area contributed by atoms with Gasteiger partial charge < -0.3 is 24.8 Å². The molecule has 2 amide bonds. The lowest BCUT2D eigenvalue weighted by Crippen LogP contribution is -2.32. The van der Waals surface area contributed by atoms with E-state index in [1.165, 1.54) is 0 Å². The Morgan fingerprint density at radius 1 is 0.833 bits per heavy atom. The van der Waals surface area contributed by atoms with E-state index in [9.17, 15) is 14.4 Å². The van der Waals surface area contributed by atoms with Gasteiger partial charge in [-0.1, -0.05) is 20.8 Å². The van der Waals surface area contributed by atoms with Crippen molar-refractivity contribution in [2.24, 2.45) is 5.92 Å². The van der Waals surface area contributed by atoms with Crippen molar-refractivity contribution in [3.05, 3.63) is 0 Å². The van der Waals surface area contributed by atoms with Crippen LogP contribution in [0.3, 0.4) is 0 Å². The van der Waals surface area contributed by atoms with Gasteiger partial charge in [-0.2, -0.15) is 0 Å².